The van der Waals surface area contributed by atoms with Gasteiger partial charge in [0.25, 0.3) is 0 Å². The number of nitrogens with one attached hydrogen (secondary N) is 1. The third-order valence-corrected chi connectivity index (χ3v) is 3.82. The van der Waals surface area contributed by atoms with Gasteiger partial charge < -0.3 is 10.1 Å². The molecule has 20 heavy (non-hydrogen) atoms. The second-order valence-electron chi connectivity index (χ2n) is 5.44. The SMILES string of the molecule is CCC(Nc1ccc(Oc2ccccc2)cc1)C1CC1. The van der Waals surface area contributed by atoms with Crippen LogP contribution in [0.4, 0.5) is 5.69 Å². The van der Waals surface area contributed by atoms with E-state index in [2.05, 4.69) is 24.4 Å². The minimum atomic E-state index is 0.621. The second-order valence-corrected chi connectivity index (χ2v) is 5.44. The molecule has 1 N–H and O–H groups in total. The summed E-state index contributed by atoms with van der Waals surface area (Å²) in [7, 11) is 0. The van der Waals surface area contributed by atoms with Crippen LogP contribution in [0, 0.1) is 5.92 Å². The molecule has 0 spiro atoms. The third kappa shape index (κ3) is 3.32. The summed E-state index contributed by atoms with van der Waals surface area (Å²) < 4.78 is 5.80. The first kappa shape index (κ1) is 13.0. The maximum absolute atomic E-state index is 5.80. The van der Waals surface area contributed by atoms with Crippen molar-refractivity contribution in [2.75, 3.05) is 5.32 Å². The molecule has 1 fully saturated rings. The molecule has 0 radical (unpaired) electrons. The van der Waals surface area contributed by atoms with Gasteiger partial charge in [0.05, 0.1) is 0 Å². The smallest absolute Gasteiger partial charge is 0.127 e. The Hall–Kier alpha value is -1.96. The molecule has 2 aromatic rings. The van der Waals surface area contributed by atoms with E-state index in [9.17, 15) is 0 Å². The van der Waals surface area contributed by atoms with E-state index in [0.717, 1.165) is 17.4 Å². The van der Waals surface area contributed by atoms with Crippen LogP contribution in [-0.4, -0.2) is 6.04 Å². The van der Waals surface area contributed by atoms with E-state index >= 15 is 0 Å². The van der Waals surface area contributed by atoms with Crippen LogP contribution in [0.5, 0.6) is 11.5 Å². The summed E-state index contributed by atoms with van der Waals surface area (Å²) in [6.07, 6.45) is 3.94. The van der Waals surface area contributed by atoms with Gasteiger partial charge in [-0.05, 0) is 61.6 Å². The zero-order chi connectivity index (χ0) is 13.8. The van der Waals surface area contributed by atoms with Crippen molar-refractivity contribution in [2.24, 2.45) is 5.92 Å². The predicted octanol–water partition coefficient (Wildman–Crippen LogP) is 5.08. The fraction of sp³-hybridized carbons (Fsp3) is 0.333. The lowest BCUT2D eigenvalue weighted by molar-refractivity contribution is 0.482. The zero-order valence-corrected chi connectivity index (χ0v) is 11.9. The van der Waals surface area contributed by atoms with Crippen LogP contribution in [0.15, 0.2) is 54.6 Å². The van der Waals surface area contributed by atoms with Crippen LogP contribution in [-0.2, 0) is 0 Å². The maximum atomic E-state index is 5.80. The Bertz CT molecular complexity index is 531. The molecule has 1 atom stereocenters. The number of para-hydroxylation sites is 1. The molecule has 2 nitrogen and oxygen atoms in total. The first-order valence-electron chi connectivity index (χ1n) is 7.44. The first-order valence-corrected chi connectivity index (χ1v) is 7.44. The molecule has 0 aliphatic heterocycles. The van der Waals surface area contributed by atoms with Crippen LogP contribution in [0.3, 0.4) is 0 Å². The summed E-state index contributed by atoms with van der Waals surface area (Å²) in [4.78, 5) is 0. The molecule has 1 aliphatic rings. The summed E-state index contributed by atoms with van der Waals surface area (Å²) in [5.41, 5.74) is 1.18. The number of hydrogen-bond donors (Lipinski definition) is 1. The van der Waals surface area contributed by atoms with Crippen LogP contribution in [0.2, 0.25) is 0 Å². The molecule has 0 amide bonds. The van der Waals surface area contributed by atoms with E-state index in [0.29, 0.717) is 6.04 Å². The maximum Gasteiger partial charge on any atom is 0.127 e. The zero-order valence-electron chi connectivity index (χ0n) is 11.9. The van der Waals surface area contributed by atoms with Crippen molar-refractivity contribution in [2.45, 2.75) is 32.2 Å². The number of benzene rings is 2. The number of rotatable bonds is 6. The summed E-state index contributed by atoms with van der Waals surface area (Å²) in [5.74, 6) is 2.62. The summed E-state index contributed by atoms with van der Waals surface area (Å²) >= 11 is 0. The molecule has 104 valence electrons. The molecular weight excluding hydrogens is 246 g/mol. The molecule has 2 aromatic carbocycles. The monoisotopic (exact) mass is 267 g/mol. The third-order valence-electron chi connectivity index (χ3n) is 3.82. The lowest BCUT2D eigenvalue weighted by Crippen LogP contribution is -2.20. The Morgan fingerprint density at radius 3 is 2.25 bits per heavy atom. The van der Waals surface area contributed by atoms with E-state index < -0.39 is 0 Å². The average molecular weight is 267 g/mol. The lowest BCUT2D eigenvalue weighted by Gasteiger charge is -2.17. The highest BCUT2D eigenvalue weighted by Gasteiger charge is 2.29. The molecule has 1 unspecified atom stereocenters. The normalized spacial score (nSPS) is 15.7. The molecule has 1 aliphatic carbocycles. The molecule has 0 heterocycles. The molecule has 0 aromatic heterocycles. The quantitative estimate of drug-likeness (QED) is 0.788. The largest absolute Gasteiger partial charge is 0.457 e. The van der Waals surface area contributed by atoms with Gasteiger partial charge in [-0.15, -0.1) is 0 Å². The fourth-order valence-electron chi connectivity index (χ4n) is 2.51. The Kier molecular flexibility index (Phi) is 3.91. The van der Waals surface area contributed by atoms with Crippen LogP contribution < -0.4 is 10.1 Å². The van der Waals surface area contributed by atoms with Gasteiger partial charge in [0, 0.05) is 11.7 Å². The fourth-order valence-corrected chi connectivity index (χ4v) is 2.51. The highest BCUT2D eigenvalue weighted by atomic mass is 16.5. The van der Waals surface area contributed by atoms with Crippen molar-refractivity contribution in [1.82, 2.24) is 0 Å². The topological polar surface area (TPSA) is 21.3 Å². The molecule has 2 heteroatoms. The van der Waals surface area contributed by atoms with Crippen molar-refractivity contribution in [3.8, 4) is 11.5 Å². The Balaban J connectivity index is 1.62. The van der Waals surface area contributed by atoms with Crippen LogP contribution >= 0.6 is 0 Å². The minimum Gasteiger partial charge on any atom is -0.457 e. The molecule has 1 saturated carbocycles. The predicted molar refractivity (Wildman–Crippen MR) is 83.4 cm³/mol. The molecular formula is C18H21NO. The van der Waals surface area contributed by atoms with Gasteiger partial charge in [-0.25, -0.2) is 0 Å². The van der Waals surface area contributed by atoms with E-state index in [4.69, 9.17) is 4.74 Å². The number of ether oxygens (including phenoxy) is 1. The van der Waals surface area contributed by atoms with E-state index in [-0.39, 0.29) is 0 Å². The van der Waals surface area contributed by atoms with Gasteiger partial charge >= 0.3 is 0 Å². The van der Waals surface area contributed by atoms with Crippen LogP contribution in [0.25, 0.3) is 0 Å². The van der Waals surface area contributed by atoms with Gasteiger partial charge in [-0.1, -0.05) is 25.1 Å². The average Bonchev–Trinajstić information content (AvgIpc) is 3.32. The summed E-state index contributed by atoms with van der Waals surface area (Å²) in [5, 5.41) is 3.63. The highest BCUT2D eigenvalue weighted by molar-refractivity contribution is 5.48. The summed E-state index contributed by atoms with van der Waals surface area (Å²) in [6, 6.07) is 18.7. The number of hydrogen-bond acceptors (Lipinski definition) is 2. The standard InChI is InChI=1S/C18H21NO/c1-2-18(14-8-9-14)19-15-10-12-17(13-11-15)20-16-6-4-3-5-7-16/h3-7,10-14,18-19H,2,8-9H2,1H3. The highest BCUT2D eigenvalue weighted by Crippen LogP contribution is 2.35. The summed E-state index contributed by atoms with van der Waals surface area (Å²) in [6.45, 7) is 2.25. The van der Waals surface area contributed by atoms with Gasteiger partial charge in [-0.3, -0.25) is 0 Å². The van der Waals surface area contributed by atoms with Gasteiger partial charge in [0.2, 0.25) is 0 Å². The van der Waals surface area contributed by atoms with E-state index in [1.165, 1.54) is 24.9 Å². The molecule has 3 rings (SSSR count). The van der Waals surface area contributed by atoms with Gasteiger partial charge in [0.1, 0.15) is 11.5 Å². The van der Waals surface area contributed by atoms with Gasteiger partial charge in [0.15, 0.2) is 0 Å². The van der Waals surface area contributed by atoms with Crippen molar-refractivity contribution >= 4 is 5.69 Å². The number of anilines is 1. The van der Waals surface area contributed by atoms with Crippen molar-refractivity contribution in [1.29, 1.82) is 0 Å². The van der Waals surface area contributed by atoms with Crippen molar-refractivity contribution in [3.63, 3.8) is 0 Å². The van der Waals surface area contributed by atoms with Crippen molar-refractivity contribution < 1.29 is 4.74 Å². The van der Waals surface area contributed by atoms with E-state index in [1.54, 1.807) is 0 Å². The Labute approximate surface area is 120 Å². The lowest BCUT2D eigenvalue weighted by atomic mass is 10.1. The minimum absolute atomic E-state index is 0.621. The van der Waals surface area contributed by atoms with Crippen molar-refractivity contribution in [3.05, 3.63) is 54.6 Å². The molecule has 0 saturated heterocycles. The molecule has 0 bridgehead atoms. The Morgan fingerprint density at radius 2 is 1.65 bits per heavy atom. The Morgan fingerprint density at radius 1 is 1.00 bits per heavy atom. The second kappa shape index (κ2) is 6.00. The van der Waals surface area contributed by atoms with E-state index in [1.807, 2.05) is 42.5 Å². The first-order chi connectivity index (χ1) is 9.85. The van der Waals surface area contributed by atoms with Crippen LogP contribution in [0.1, 0.15) is 26.2 Å². The van der Waals surface area contributed by atoms with Gasteiger partial charge in [-0.2, -0.15) is 0 Å².